The predicted molar refractivity (Wildman–Crippen MR) is 139 cm³/mol. The third-order valence-electron chi connectivity index (χ3n) is 6.14. The number of hydrogen-bond acceptors (Lipinski definition) is 6. The number of amides is 2. The molecule has 2 amide bonds. The summed E-state index contributed by atoms with van der Waals surface area (Å²) in [6, 6.07) is 13.1. The molecule has 3 aromatic carbocycles. The van der Waals surface area contributed by atoms with E-state index < -0.39 is 12.1 Å². The Morgan fingerprint density at radius 2 is 1.61 bits per heavy atom. The van der Waals surface area contributed by atoms with Crippen LogP contribution in [0.4, 0.5) is 10.5 Å². The van der Waals surface area contributed by atoms with E-state index in [-0.39, 0.29) is 11.2 Å². The summed E-state index contributed by atoms with van der Waals surface area (Å²) in [5, 5.41) is 6.23. The first-order valence-electron chi connectivity index (χ1n) is 11.3. The number of rotatable bonds is 6. The van der Waals surface area contributed by atoms with Crippen LogP contribution < -0.4 is 35.0 Å². The molecule has 0 saturated carbocycles. The lowest BCUT2D eigenvalue weighted by Gasteiger charge is -2.21. The molecule has 9 heteroatoms. The number of halogens is 1. The molecule has 0 spiro atoms. The Kier molecular flexibility index (Phi) is 7.55. The van der Waals surface area contributed by atoms with Crippen LogP contribution in [-0.2, 0) is 6.42 Å². The average Bonchev–Trinajstić information content (AvgIpc) is 3.13. The maximum Gasteiger partial charge on any atom is 0.319 e. The molecular weight excluding hydrogens is 484 g/mol. The second-order valence-electron chi connectivity index (χ2n) is 8.10. The van der Waals surface area contributed by atoms with Crippen LogP contribution in [0.15, 0.2) is 53.3 Å². The zero-order valence-electron chi connectivity index (χ0n) is 20.4. The van der Waals surface area contributed by atoms with Gasteiger partial charge in [-0.05, 0) is 53.8 Å². The van der Waals surface area contributed by atoms with Gasteiger partial charge in [0.05, 0.1) is 39.5 Å². The van der Waals surface area contributed by atoms with Crippen molar-refractivity contribution in [1.82, 2.24) is 5.32 Å². The number of nitrogens with one attached hydrogen (secondary N) is 2. The molecule has 0 aliphatic heterocycles. The lowest BCUT2D eigenvalue weighted by Crippen LogP contribution is -2.33. The zero-order valence-corrected chi connectivity index (χ0v) is 21.2. The fourth-order valence-electron chi connectivity index (χ4n) is 4.54. The molecule has 0 unspecified atom stereocenters. The molecule has 0 radical (unpaired) electrons. The fraction of sp³-hybridized carbons (Fsp3) is 0.259. The molecule has 0 aromatic heterocycles. The summed E-state index contributed by atoms with van der Waals surface area (Å²) in [4.78, 5) is 25.9. The van der Waals surface area contributed by atoms with Gasteiger partial charge in [-0.3, -0.25) is 4.79 Å². The van der Waals surface area contributed by atoms with Crippen molar-refractivity contribution in [2.75, 3.05) is 33.8 Å². The number of hydrogen-bond donors (Lipinski definition) is 2. The summed E-state index contributed by atoms with van der Waals surface area (Å²) in [6.07, 6.45) is 0.942. The SMILES string of the molecule is COc1c(Cl)c2c(c(OC)c1OC)-c1ccc(OC)c(=O)cc1[C@@H](NC(=O)Nc1ccccc1)CC2. The van der Waals surface area contributed by atoms with Gasteiger partial charge in [-0.1, -0.05) is 35.9 Å². The normalized spacial score (nSPS) is 14.0. The standard InChI is InChI=1S/C27H27ClN2O6/c1-33-21-13-11-16-18(14-20(21)31)19(30-27(32)29-15-8-6-5-7-9-15)12-10-17-22(16)24(34-2)26(36-4)25(35-3)23(17)28/h5-9,11,13-14,19H,10,12H2,1-4H3,(H2,29,30,32)/t19-/m0/s1. The number of carbonyl (C=O) groups excluding carboxylic acids is 1. The van der Waals surface area contributed by atoms with E-state index in [4.69, 9.17) is 30.5 Å². The highest BCUT2D eigenvalue weighted by molar-refractivity contribution is 6.34. The Labute approximate surface area is 214 Å². The van der Waals surface area contributed by atoms with Gasteiger partial charge in [-0.2, -0.15) is 0 Å². The van der Waals surface area contributed by atoms with Gasteiger partial charge in [0.2, 0.25) is 11.2 Å². The van der Waals surface area contributed by atoms with E-state index in [0.717, 1.165) is 5.56 Å². The first-order chi connectivity index (χ1) is 17.4. The number of para-hydroxylation sites is 1. The van der Waals surface area contributed by atoms with Gasteiger partial charge in [0.1, 0.15) is 0 Å². The van der Waals surface area contributed by atoms with Crippen molar-refractivity contribution in [3.8, 4) is 34.1 Å². The third kappa shape index (κ3) is 4.64. The van der Waals surface area contributed by atoms with Crippen LogP contribution in [0.25, 0.3) is 11.1 Å². The largest absolute Gasteiger partial charge is 0.493 e. The number of methoxy groups -OCH3 is 4. The van der Waals surface area contributed by atoms with Crippen molar-refractivity contribution < 1.29 is 23.7 Å². The van der Waals surface area contributed by atoms with Crippen LogP contribution in [0.3, 0.4) is 0 Å². The predicted octanol–water partition coefficient (Wildman–Crippen LogP) is 5.21. The summed E-state index contributed by atoms with van der Waals surface area (Å²) in [7, 11) is 5.97. The van der Waals surface area contributed by atoms with Crippen molar-refractivity contribution in [2.24, 2.45) is 0 Å². The van der Waals surface area contributed by atoms with E-state index >= 15 is 0 Å². The molecule has 3 aromatic rings. The Morgan fingerprint density at radius 1 is 0.917 bits per heavy atom. The van der Waals surface area contributed by atoms with Crippen LogP contribution in [0.2, 0.25) is 5.02 Å². The minimum atomic E-state index is -0.515. The average molecular weight is 511 g/mol. The summed E-state index contributed by atoms with van der Waals surface area (Å²) in [5.41, 5.74) is 3.02. The van der Waals surface area contributed by atoms with Gasteiger partial charge in [-0.25, -0.2) is 4.79 Å². The minimum absolute atomic E-state index is 0.169. The number of fused-ring (bicyclic) bond motifs is 3. The molecule has 2 N–H and O–H groups in total. The Bertz CT molecular complexity index is 1350. The Hall–Kier alpha value is -3.91. The van der Waals surface area contributed by atoms with Crippen molar-refractivity contribution >= 4 is 23.3 Å². The summed E-state index contributed by atoms with van der Waals surface area (Å²) in [5.74, 6) is 1.28. The van der Waals surface area contributed by atoms with Crippen LogP contribution in [0.5, 0.6) is 23.0 Å². The van der Waals surface area contributed by atoms with Crippen LogP contribution >= 0.6 is 11.6 Å². The van der Waals surface area contributed by atoms with Crippen molar-refractivity contribution in [3.63, 3.8) is 0 Å². The second kappa shape index (κ2) is 10.8. The maximum absolute atomic E-state index is 13.0. The van der Waals surface area contributed by atoms with Crippen molar-refractivity contribution in [3.05, 3.63) is 74.9 Å². The topological polar surface area (TPSA) is 95.1 Å². The molecule has 4 rings (SSSR count). The minimum Gasteiger partial charge on any atom is -0.493 e. The van der Waals surface area contributed by atoms with Gasteiger partial charge in [0, 0.05) is 11.3 Å². The van der Waals surface area contributed by atoms with Crippen LogP contribution in [0, 0.1) is 0 Å². The molecule has 1 aliphatic carbocycles. The first kappa shape index (κ1) is 25.2. The number of urea groups is 1. The van der Waals surface area contributed by atoms with E-state index in [2.05, 4.69) is 10.6 Å². The molecule has 0 bridgehead atoms. The molecule has 0 fully saturated rings. The fourth-order valence-corrected chi connectivity index (χ4v) is 4.89. The van der Waals surface area contributed by atoms with Gasteiger partial charge in [0.25, 0.3) is 0 Å². The molecule has 188 valence electrons. The Balaban J connectivity index is 1.91. The highest BCUT2D eigenvalue weighted by Gasteiger charge is 2.32. The molecule has 0 saturated heterocycles. The molecule has 8 nitrogen and oxygen atoms in total. The zero-order chi connectivity index (χ0) is 25.8. The van der Waals surface area contributed by atoms with Crippen molar-refractivity contribution in [1.29, 1.82) is 0 Å². The van der Waals surface area contributed by atoms with Crippen LogP contribution in [-0.4, -0.2) is 34.5 Å². The molecule has 0 heterocycles. The highest BCUT2D eigenvalue weighted by Crippen LogP contribution is 2.54. The molecular formula is C27H27ClN2O6. The van der Waals surface area contributed by atoms with E-state index in [0.29, 0.717) is 57.5 Å². The summed E-state index contributed by atoms with van der Waals surface area (Å²) < 4.78 is 22.2. The summed E-state index contributed by atoms with van der Waals surface area (Å²) in [6.45, 7) is 0. The monoisotopic (exact) mass is 510 g/mol. The smallest absolute Gasteiger partial charge is 0.319 e. The van der Waals surface area contributed by atoms with E-state index in [1.807, 2.05) is 18.2 Å². The van der Waals surface area contributed by atoms with Gasteiger partial charge in [0.15, 0.2) is 17.2 Å². The lowest BCUT2D eigenvalue weighted by atomic mass is 9.95. The van der Waals surface area contributed by atoms with Crippen molar-refractivity contribution in [2.45, 2.75) is 18.9 Å². The van der Waals surface area contributed by atoms with E-state index in [1.165, 1.54) is 34.5 Å². The molecule has 36 heavy (non-hydrogen) atoms. The summed E-state index contributed by atoms with van der Waals surface area (Å²) >= 11 is 6.82. The second-order valence-corrected chi connectivity index (χ2v) is 8.48. The number of carbonyl (C=O) groups is 1. The number of anilines is 1. The van der Waals surface area contributed by atoms with E-state index in [1.54, 1.807) is 24.3 Å². The van der Waals surface area contributed by atoms with Gasteiger partial charge in [-0.15, -0.1) is 0 Å². The van der Waals surface area contributed by atoms with Gasteiger partial charge < -0.3 is 29.6 Å². The Morgan fingerprint density at radius 3 is 2.25 bits per heavy atom. The maximum atomic E-state index is 13.0. The molecule has 1 atom stereocenters. The number of ether oxygens (including phenoxy) is 4. The molecule has 1 aliphatic rings. The third-order valence-corrected chi connectivity index (χ3v) is 6.54. The lowest BCUT2D eigenvalue weighted by molar-refractivity contribution is 0.248. The van der Waals surface area contributed by atoms with Gasteiger partial charge >= 0.3 is 6.03 Å². The highest BCUT2D eigenvalue weighted by atomic mass is 35.5. The first-order valence-corrected chi connectivity index (χ1v) is 11.7. The van der Waals surface area contributed by atoms with Crippen LogP contribution in [0.1, 0.15) is 23.6 Å². The number of benzene rings is 2. The quantitative estimate of drug-likeness (QED) is 0.472. The van der Waals surface area contributed by atoms with E-state index in [9.17, 15) is 9.59 Å².